The maximum atomic E-state index is 5.78. The Labute approximate surface area is 111 Å². The zero-order valence-corrected chi connectivity index (χ0v) is 12.3. The molecule has 1 rings (SSSR count). The van der Waals surface area contributed by atoms with Gasteiger partial charge in [0.05, 0.1) is 11.5 Å². The third-order valence-electron chi connectivity index (χ3n) is 3.40. The third-order valence-corrected chi connectivity index (χ3v) is 3.68. The van der Waals surface area contributed by atoms with Gasteiger partial charge in [-0.25, -0.2) is 0 Å². The van der Waals surface area contributed by atoms with Crippen LogP contribution in [-0.4, -0.2) is 17.6 Å². The van der Waals surface area contributed by atoms with Crippen molar-refractivity contribution in [2.45, 2.75) is 65.1 Å². The Kier molecular flexibility index (Phi) is 5.75. The molecule has 98 valence electrons. The molecule has 1 aliphatic rings. The highest BCUT2D eigenvalue weighted by Gasteiger charge is 2.50. The van der Waals surface area contributed by atoms with Crippen LogP contribution in [0.15, 0.2) is 23.3 Å². The molecule has 0 bridgehead atoms. The van der Waals surface area contributed by atoms with Crippen molar-refractivity contribution in [3.8, 4) is 0 Å². The van der Waals surface area contributed by atoms with Gasteiger partial charge in [0.15, 0.2) is 0 Å². The molecule has 0 aromatic rings. The summed E-state index contributed by atoms with van der Waals surface area (Å²) in [6.07, 6.45) is 9.44. The van der Waals surface area contributed by atoms with Crippen molar-refractivity contribution in [2.24, 2.45) is 0 Å². The zero-order chi connectivity index (χ0) is 12.9. The first kappa shape index (κ1) is 14.8. The molecule has 1 aliphatic heterocycles. The molecule has 0 aromatic heterocycles. The Morgan fingerprint density at radius 1 is 1.24 bits per heavy atom. The Bertz CT molecular complexity index is 302. The van der Waals surface area contributed by atoms with E-state index in [-0.39, 0.29) is 11.7 Å². The third kappa shape index (κ3) is 5.27. The monoisotopic (exact) mass is 256 g/mol. The molecule has 0 radical (unpaired) electrons. The number of epoxide rings is 1. The Morgan fingerprint density at radius 3 is 2.47 bits per heavy atom. The van der Waals surface area contributed by atoms with Gasteiger partial charge in [0.2, 0.25) is 0 Å². The Hall–Kier alpha value is -0.270. The van der Waals surface area contributed by atoms with Crippen molar-refractivity contribution in [1.29, 1.82) is 0 Å². The van der Waals surface area contributed by atoms with Crippen LogP contribution in [0.3, 0.4) is 0 Å². The molecule has 1 heterocycles. The maximum Gasteiger partial charge on any atom is 0.101 e. The zero-order valence-electron chi connectivity index (χ0n) is 11.6. The van der Waals surface area contributed by atoms with Crippen LogP contribution in [0.1, 0.15) is 53.4 Å². The van der Waals surface area contributed by atoms with Crippen LogP contribution in [-0.2, 0) is 4.74 Å². The van der Waals surface area contributed by atoms with E-state index in [1.165, 1.54) is 17.6 Å². The van der Waals surface area contributed by atoms with Crippen molar-refractivity contribution >= 4 is 11.6 Å². The van der Waals surface area contributed by atoms with E-state index < -0.39 is 0 Å². The average molecular weight is 257 g/mol. The Balaban J connectivity index is 2.18. The van der Waals surface area contributed by atoms with Gasteiger partial charge in [0.1, 0.15) is 6.10 Å². The van der Waals surface area contributed by atoms with Crippen molar-refractivity contribution in [3.63, 3.8) is 0 Å². The summed E-state index contributed by atoms with van der Waals surface area (Å²) < 4.78 is 5.58. The molecule has 0 unspecified atom stereocenters. The fourth-order valence-corrected chi connectivity index (χ4v) is 2.39. The molecule has 0 amide bonds. The van der Waals surface area contributed by atoms with Gasteiger partial charge >= 0.3 is 0 Å². The van der Waals surface area contributed by atoms with E-state index >= 15 is 0 Å². The highest BCUT2D eigenvalue weighted by molar-refractivity contribution is 6.18. The number of halogens is 1. The van der Waals surface area contributed by atoms with Gasteiger partial charge in [0, 0.05) is 0 Å². The topological polar surface area (TPSA) is 12.5 Å². The van der Waals surface area contributed by atoms with Gasteiger partial charge in [-0.05, 0) is 53.4 Å². The molecule has 0 N–H and O–H groups in total. The van der Waals surface area contributed by atoms with Crippen molar-refractivity contribution in [3.05, 3.63) is 23.3 Å². The smallest absolute Gasteiger partial charge is 0.101 e. The SMILES string of the molecule is CC(C)=CCC/C(C)=C/CC[C@]1(C)O[C@H]1CCl. The lowest BCUT2D eigenvalue weighted by molar-refractivity contribution is 0.301. The lowest BCUT2D eigenvalue weighted by Gasteiger charge is -2.04. The van der Waals surface area contributed by atoms with Crippen LogP contribution in [0, 0.1) is 0 Å². The van der Waals surface area contributed by atoms with Gasteiger partial charge in [-0.2, -0.15) is 0 Å². The van der Waals surface area contributed by atoms with E-state index in [0.29, 0.717) is 5.88 Å². The lowest BCUT2D eigenvalue weighted by atomic mass is 10.0. The first-order chi connectivity index (χ1) is 7.98. The van der Waals surface area contributed by atoms with Crippen LogP contribution in [0.5, 0.6) is 0 Å². The molecule has 2 atom stereocenters. The first-order valence-corrected chi connectivity index (χ1v) is 7.04. The van der Waals surface area contributed by atoms with Crippen molar-refractivity contribution in [1.82, 2.24) is 0 Å². The summed E-state index contributed by atoms with van der Waals surface area (Å²) in [4.78, 5) is 0. The summed E-state index contributed by atoms with van der Waals surface area (Å²) in [6.45, 7) is 8.67. The quantitative estimate of drug-likeness (QED) is 0.360. The van der Waals surface area contributed by atoms with Gasteiger partial charge in [-0.3, -0.25) is 0 Å². The second-order valence-electron chi connectivity index (χ2n) is 5.48. The van der Waals surface area contributed by atoms with Crippen LogP contribution in [0.4, 0.5) is 0 Å². The van der Waals surface area contributed by atoms with Crippen LogP contribution in [0.25, 0.3) is 0 Å². The normalized spacial score (nSPS) is 28.1. The predicted octanol–water partition coefficient (Wildman–Crippen LogP) is 4.86. The van der Waals surface area contributed by atoms with Gasteiger partial charge in [-0.15, -0.1) is 11.6 Å². The van der Waals surface area contributed by atoms with Gasteiger partial charge in [-0.1, -0.05) is 23.3 Å². The average Bonchev–Trinajstić information content (AvgIpc) is 2.89. The van der Waals surface area contributed by atoms with Crippen LogP contribution < -0.4 is 0 Å². The minimum Gasteiger partial charge on any atom is -0.365 e. The summed E-state index contributed by atoms with van der Waals surface area (Å²) in [5, 5.41) is 0. The van der Waals surface area contributed by atoms with Crippen LogP contribution in [0.2, 0.25) is 0 Å². The molecule has 1 nitrogen and oxygen atoms in total. The number of allylic oxidation sites excluding steroid dienone is 4. The summed E-state index contributed by atoms with van der Waals surface area (Å²) in [6, 6.07) is 0. The molecule has 0 saturated carbocycles. The molecular formula is C15H25ClO. The van der Waals surface area contributed by atoms with E-state index in [2.05, 4.69) is 39.8 Å². The summed E-state index contributed by atoms with van der Waals surface area (Å²) in [7, 11) is 0. The number of rotatable bonds is 7. The fourth-order valence-electron chi connectivity index (χ4n) is 2.00. The minimum absolute atomic E-state index is 0.0540. The van der Waals surface area contributed by atoms with Gasteiger partial charge < -0.3 is 4.74 Å². The number of hydrogen-bond donors (Lipinski definition) is 0. The molecule has 0 spiro atoms. The van der Waals surface area contributed by atoms with E-state index in [1.54, 1.807) is 0 Å². The van der Waals surface area contributed by atoms with E-state index in [4.69, 9.17) is 16.3 Å². The number of ether oxygens (including phenoxy) is 1. The second kappa shape index (κ2) is 6.61. The van der Waals surface area contributed by atoms with E-state index in [0.717, 1.165) is 19.3 Å². The van der Waals surface area contributed by atoms with E-state index in [1.807, 2.05) is 0 Å². The van der Waals surface area contributed by atoms with Crippen molar-refractivity contribution in [2.75, 3.05) is 5.88 Å². The lowest BCUT2D eigenvalue weighted by Crippen LogP contribution is -2.09. The van der Waals surface area contributed by atoms with E-state index in [9.17, 15) is 0 Å². The fraction of sp³-hybridized carbons (Fsp3) is 0.733. The molecule has 1 fully saturated rings. The minimum atomic E-state index is 0.0540. The van der Waals surface area contributed by atoms with Gasteiger partial charge in [0.25, 0.3) is 0 Å². The molecule has 2 heteroatoms. The largest absolute Gasteiger partial charge is 0.365 e. The Morgan fingerprint density at radius 2 is 1.94 bits per heavy atom. The second-order valence-corrected chi connectivity index (χ2v) is 5.79. The summed E-state index contributed by atoms with van der Waals surface area (Å²) >= 11 is 5.78. The maximum absolute atomic E-state index is 5.78. The molecule has 1 saturated heterocycles. The first-order valence-electron chi connectivity index (χ1n) is 6.50. The number of hydrogen-bond acceptors (Lipinski definition) is 1. The van der Waals surface area contributed by atoms with Crippen molar-refractivity contribution < 1.29 is 4.74 Å². The number of alkyl halides is 1. The standard InChI is InChI=1S/C15H25ClO/c1-12(2)7-5-8-13(3)9-6-10-15(4)14(11-16)17-15/h7,9,14H,5-6,8,10-11H2,1-4H3/b13-9+/t14-,15-/m0/s1. The predicted molar refractivity (Wildman–Crippen MR) is 75.7 cm³/mol. The summed E-state index contributed by atoms with van der Waals surface area (Å²) in [5.74, 6) is 0.625. The van der Waals surface area contributed by atoms with Crippen LogP contribution >= 0.6 is 11.6 Å². The molecular weight excluding hydrogens is 232 g/mol. The molecule has 0 aliphatic carbocycles. The molecule has 17 heavy (non-hydrogen) atoms. The summed E-state index contributed by atoms with van der Waals surface area (Å²) in [5.41, 5.74) is 2.94. The molecule has 0 aromatic carbocycles. The highest BCUT2D eigenvalue weighted by atomic mass is 35.5. The highest BCUT2D eigenvalue weighted by Crippen LogP contribution is 2.40.